The van der Waals surface area contributed by atoms with Gasteiger partial charge in [0.1, 0.15) is 0 Å². The van der Waals surface area contributed by atoms with Crippen LogP contribution in [0.15, 0.2) is 11.6 Å². The van der Waals surface area contributed by atoms with Gasteiger partial charge < -0.3 is 5.32 Å². The van der Waals surface area contributed by atoms with E-state index in [9.17, 15) is 0 Å². The van der Waals surface area contributed by atoms with Crippen LogP contribution in [-0.2, 0) is 0 Å². The Labute approximate surface area is 113 Å². The predicted octanol–water partition coefficient (Wildman–Crippen LogP) is 4.54. The minimum absolute atomic E-state index is 0.792. The van der Waals surface area contributed by atoms with Gasteiger partial charge in [0.05, 0.1) is 0 Å². The van der Waals surface area contributed by atoms with Crippen molar-refractivity contribution in [2.45, 2.75) is 71.8 Å². The lowest BCUT2D eigenvalue weighted by Crippen LogP contribution is -2.37. The average Bonchev–Trinajstić information content (AvgIpc) is 2.35. The van der Waals surface area contributed by atoms with Gasteiger partial charge in [0.25, 0.3) is 0 Å². The van der Waals surface area contributed by atoms with Gasteiger partial charge in [-0.05, 0) is 56.9 Å². The van der Waals surface area contributed by atoms with E-state index in [-0.39, 0.29) is 0 Å². The molecule has 0 aromatic rings. The summed E-state index contributed by atoms with van der Waals surface area (Å²) >= 11 is 0. The molecule has 0 aromatic carbocycles. The van der Waals surface area contributed by atoms with E-state index in [0.29, 0.717) is 0 Å². The third-order valence-corrected chi connectivity index (χ3v) is 4.94. The van der Waals surface area contributed by atoms with Crippen LogP contribution in [0.3, 0.4) is 0 Å². The van der Waals surface area contributed by atoms with E-state index in [4.69, 9.17) is 0 Å². The smallest absolute Gasteiger partial charge is 0.00698 e. The van der Waals surface area contributed by atoms with Crippen molar-refractivity contribution in [3.63, 3.8) is 0 Å². The molecule has 0 spiro atoms. The van der Waals surface area contributed by atoms with Gasteiger partial charge in [-0.1, -0.05) is 44.8 Å². The standard InChI is InChI=1S/C17H31N/c1-4-15-6-5-7-17(11-15)18-12-16-9-13(2)8-14(3)10-16/h8,13,15-18H,4-7,9-12H2,1-3H3. The third kappa shape index (κ3) is 4.12. The number of hydrogen-bond donors (Lipinski definition) is 1. The first-order valence-corrected chi connectivity index (χ1v) is 8.08. The van der Waals surface area contributed by atoms with Crippen molar-refractivity contribution in [1.82, 2.24) is 5.32 Å². The molecule has 1 heteroatoms. The highest BCUT2D eigenvalue weighted by Gasteiger charge is 2.23. The second-order valence-corrected chi connectivity index (χ2v) is 6.84. The van der Waals surface area contributed by atoms with E-state index < -0.39 is 0 Å². The molecule has 1 fully saturated rings. The monoisotopic (exact) mass is 249 g/mol. The Morgan fingerprint density at radius 1 is 1.22 bits per heavy atom. The maximum Gasteiger partial charge on any atom is 0.00698 e. The van der Waals surface area contributed by atoms with Crippen LogP contribution in [0, 0.1) is 17.8 Å². The Balaban J connectivity index is 1.73. The fraction of sp³-hybridized carbons (Fsp3) is 0.882. The van der Waals surface area contributed by atoms with Crippen LogP contribution in [-0.4, -0.2) is 12.6 Å². The quantitative estimate of drug-likeness (QED) is 0.721. The van der Waals surface area contributed by atoms with Gasteiger partial charge in [-0.25, -0.2) is 0 Å². The van der Waals surface area contributed by atoms with Crippen molar-refractivity contribution < 1.29 is 0 Å². The van der Waals surface area contributed by atoms with E-state index >= 15 is 0 Å². The summed E-state index contributed by atoms with van der Waals surface area (Å²) in [5.74, 6) is 2.66. The Hall–Kier alpha value is -0.300. The number of nitrogens with one attached hydrogen (secondary N) is 1. The van der Waals surface area contributed by atoms with Crippen molar-refractivity contribution in [2.75, 3.05) is 6.54 Å². The van der Waals surface area contributed by atoms with Gasteiger partial charge in [-0.15, -0.1) is 0 Å². The van der Waals surface area contributed by atoms with Gasteiger partial charge in [-0.2, -0.15) is 0 Å². The molecule has 1 saturated carbocycles. The molecule has 18 heavy (non-hydrogen) atoms. The summed E-state index contributed by atoms with van der Waals surface area (Å²) in [6, 6.07) is 0.810. The summed E-state index contributed by atoms with van der Waals surface area (Å²) in [6.07, 6.45) is 12.3. The molecule has 4 atom stereocenters. The normalized spacial score (nSPS) is 37.4. The molecule has 0 aliphatic heterocycles. The first-order chi connectivity index (χ1) is 8.67. The van der Waals surface area contributed by atoms with Crippen LogP contribution in [0.4, 0.5) is 0 Å². The second kappa shape index (κ2) is 6.75. The van der Waals surface area contributed by atoms with E-state index in [2.05, 4.69) is 32.2 Å². The minimum atomic E-state index is 0.792. The molecule has 0 bridgehead atoms. The van der Waals surface area contributed by atoms with E-state index in [1.807, 2.05) is 0 Å². The van der Waals surface area contributed by atoms with Gasteiger partial charge in [-0.3, -0.25) is 0 Å². The summed E-state index contributed by atoms with van der Waals surface area (Å²) in [7, 11) is 0. The lowest BCUT2D eigenvalue weighted by molar-refractivity contribution is 0.261. The van der Waals surface area contributed by atoms with E-state index in [1.54, 1.807) is 5.57 Å². The first kappa shape index (κ1) is 14.1. The molecular weight excluding hydrogens is 218 g/mol. The molecule has 0 aromatic heterocycles. The van der Waals surface area contributed by atoms with Crippen LogP contribution >= 0.6 is 0 Å². The molecule has 2 aliphatic carbocycles. The Kier molecular flexibility index (Phi) is 5.29. The van der Waals surface area contributed by atoms with Crippen molar-refractivity contribution in [2.24, 2.45) is 17.8 Å². The highest BCUT2D eigenvalue weighted by Crippen LogP contribution is 2.29. The lowest BCUT2D eigenvalue weighted by atomic mass is 9.82. The number of allylic oxidation sites excluding steroid dienone is 2. The Bertz CT molecular complexity index is 281. The largest absolute Gasteiger partial charge is 0.314 e. The fourth-order valence-corrected chi connectivity index (χ4v) is 4.02. The van der Waals surface area contributed by atoms with Crippen LogP contribution in [0.5, 0.6) is 0 Å². The summed E-state index contributed by atoms with van der Waals surface area (Å²) in [5.41, 5.74) is 1.61. The average molecular weight is 249 g/mol. The second-order valence-electron chi connectivity index (χ2n) is 6.84. The predicted molar refractivity (Wildman–Crippen MR) is 79.7 cm³/mol. The van der Waals surface area contributed by atoms with Gasteiger partial charge >= 0.3 is 0 Å². The molecule has 0 saturated heterocycles. The van der Waals surface area contributed by atoms with Crippen molar-refractivity contribution in [3.05, 3.63) is 11.6 Å². The fourth-order valence-electron chi connectivity index (χ4n) is 4.02. The molecular formula is C17H31N. The molecule has 1 nitrogen and oxygen atoms in total. The maximum atomic E-state index is 3.87. The summed E-state index contributed by atoms with van der Waals surface area (Å²) in [5, 5.41) is 3.87. The third-order valence-electron chi connectivity index (χ3n) is 4.94. The molecule has 104 valence electrons. The highest BCUT2D eigenvalue weighted by atomic mass is 14.9. The summed E-state index contributed by atoms with van der Waals surface area (Å²) < 4.78 is 0. The topological polar surface area (TPSA) is 12.0 Å². The molecule has 2 aliphatic rings. The van der Waals surface area contributed by atoms with Crippen molar-refractivity contribution in [1.29, 1.82) is 0 Å². The first-order valence-electron chi connectivity index (χ1n) is 8.08. The van der Waals surface area contributed by atoms with Crippen LogP contribution in [0.25, 0.3) is 0 Å². The maximum absolute atomic E-state index is 3.87. The molecule has 2 rings (SSSR count). The molecule has 0 heterocycles. The minimum Gasteiger partial charge on any atom is -0.314 e. The molecule has 4 unspecified atom stereocenters. The van der Waals surface area contributed by atoms with Crippen LogP contribution in [0.1, 0.15) is 65.7 Å². The number of rotatable bonds is 4. The molecule has 0 radical (unpaired) electrons. The molecule has 1 N–H and O–H groups in total. The van der Waals surface area contributed by atoms with Crippen LogP contribution < -0.4 is 5.32 Å². The molecule has 0 amide bonds. The zero-order valence-electron chi connectivity index (χ0n) is 12.5. The van der Waals surface area contributed by atoms with Crippen molar-refractivity contribution in [3.8, 4) is 0 Å². The zero-order chi connectivity index (χ0) is 13.0. The highest BCUT2D eigenvalue weighted by molar-refractivity contribution is 5.06. The zero-order valence-corrected chi connectivity index (χ0v) is 12.5. The Morgan fingerprint density at radius 2 is 2.06 bits per heavy atom. The lowest BCUT2D eigenvalue weighted by Gasteiger charge is -2.32. The Morgan fingerprint density at radius 3 is 2.78 bits per heavy atom. The van der Waals surface area contributed by atoms with Crippen molar-refractivity contribution >= 4 is 0 Å². The summed E-state index contributed by atoms with van der Waals surface area (Å²) in [6.45, 7) is 8.26. The van der Waals surface area contributed by atoms with E-state index in [1.165, 1.54) is 51.5 Å². The van der Waals surface area contributed by atoms with Gasteiger partial charge in [0, 0.05) is 6.04 Å². The van der Waals surface area contributed by atoms with Gasteiger partial charge in [0.15, 0.2) is 0 Å². The van der Waals surface area contributed by atoms with Crippen LogP contribution in [0.2, 0.25) is 0 Å². The number of hydrogen-bond acceptors (Lipinski definition) is 1. The SMILES string of the molecule is CCC1CCCC(NCC2CC(C)=CC(C)C2)C1. The van der Waals surface area contributed by atoms with E-state index in [0.717, 1.165) is 23.8 Å². The summed E-state index contributed by atoms with van der Waals surface area (Å²) in [4.78, 5) is 0. The van der Waals surface area contributed by atoms with Gasteiger partial charge in [0.2, 0.25) is 0 Å².